The van der Waals surface area contributed by atoms with Crippen molar-refractivity contribution in [3.05, 3.63) is 59.4 Å². The van der Waals surface area contributed by atoms with Gasteiger partial charge in [0.05, 0.1) is 12.8 Å². The van der Waals surface area contributed by atoms with Gasteiger partial charge in [-0.3, -0.25) is 0 Å². The molecule has 1 N–H and O–H groups in total. The normalized spacial score (nSPS) is 10.3. The summed E-state index contributed by atoms with van der Waals surface area (Å²) >= 11 is 0. The zero-order valence-corrected chi connectivity index (χ0v) is 10.2. The smallest absolute Gasteiger partial charge is 0.196 e. The Hall–Kier alpha value is -2.17. The van der Waals surface area contributed by atoms with Gasteiger partial charge < -0.3 is 10.1 Å². The van der Waals surface area contributed by atoms with Crippen LogP contribution in [0.2, 0.25) is 0 Å². The fourth-order valence-electron chi connectivity index (χ4n) is 1.64. The Bertz CT molecular complexity index is 587. The topological polar surface area (TPSA) is 21.3 Å². The van der Waals surface area contributed by atoms with Crippen molar-refractivity contribution in [3.8, 4) is 5.75 Å². The number of hydrogen-bond acceptors (Lipinski definition) is 2. The molecule has 5 heteroatoms. The highest BCUT2D eigenvalue weighted by atomic mass is 19.2. The summed E-state index contributed by atoms with van der Waals surface area (Å²) in [5.74, 6) is -3.23. The molecule has 2 aromatic carbocycles. The molecule has 0 amide bonds. The summed E-state index contributed by atoms with van der Waals surface area (Å²) in [6.45, 7) is 0.277. The summed E-state index contributed by atoms with van der Waals surface area (Å²) in [5, 5.41) is 2.71. The van der Waals surface area contributed by atoms with E-state index < -0.39 is 17.5 Å². The molecule has 100 valence electrons. The van der Waals surface area contributed by atoms with Gasteiger partial charge in [0, 0.05) is 6.54 Å². The molecule has 2 rings (SSSR count). The van der Waals surface area contributed by atoms with Crippen molar-refractivity contribution in [3.63, 3.8) is 0 Å². The largest absolute Gasteiger partial charge is 0.497 e. The molecule has 0 saturated carbocycles. The van der Waals surface area contributed by atoms with Gasteiger partial charge in [-0.05, 0) is 29.8 Å². The minimum atomic E-state index is -1.48. The van der Waals surface area contributed by atoms with Crippen molar-refractivity contribution in [1.82, 2.24) is 0 Å². The first-order valence-electron chi connectivity index (χ1n) is 5.62. The Morgan fingerprint density at radius 2 is 1.84 bits per heavy atom. The van der Waals surface area contributed by atoms with Crippen LogP contribution in [0.15, 0.2) is 36.4 Å². The van der Waals surface area contributed by atoms with Crippen LogP contribution in [-0.2, 0) is 6.54 Å². The van der Waals surface area contributed by atoms with Crippen molar-refractivity contribution >= 4 is 5.69 Å². The molecule has 2 nitrogen and oxygen atoms in total. The Morgan fingerprint density at radius 3 is 2.58 bits per heavy atom. The van der Waals surface area contributed by atoms with Crippen LogP contribution in [0.25, 0.3) is 0 Å². The average molecular weight is 267 g/mol. The van der Waals surface area contributed by atoms with E-state index in [9.17, 15) is 13.2 Å². The van der Waals surface area contributed by atoms with Gasteiger partial charge in [-0.2, -0.15) is 0 Å². The summed E-state index contributed by atoms with van der Waals surface area (Å²) in [6, 6.07) is 9.19. The number of halogens is 3. The Kier molecular flexibility index (Phi) is 3.94. The van der Waals surface area contributed by atoms with Gasteiger partial charge in [-0.1, -0.05) is 12.1 Å². The van der Waals surface area contributed by atoms with E-state index in [1.807, 2.05) is 6.07 Å². The first-order chi connectivity index (χ1) is 9.11. The van der Waals surface area contributed by atoms with Crippen LogP contribution in [0.1, 0.15) is 5.56 Å². The second kappa shape index (κ2) is 5.65. The highest BCUT2D eigenvalue weighted by Gasteiger charge is 2.12. The van der Waals surface area contributed by atoms with E-state index in [2.05, 4.69) is 5.32 Å². The molecule has 0 fully saturated rings. The van der Waals surface area contributed by atoms with E-state index in [-0.39, 0.29) is 12.2 Å². The standard InChI is InChI=1S/C14H12F3NO/c1-19-10-4-2-3-9(7-10)8-18-12-6-5-11(15)13(16)14(12)17/h2-7,18H,8H2,1H3. The zero-order valence-electron chi connectivity index (χ0n) is 10.2. The molecule has 0 aliphatic carbocycles. The van der Waals surface area contributed by atoms with Gasteiger partial charge >= 0.3 is 0 Å². The number of anilines is 1. The van der Waals surface area contributed by atoms with Crippen molar-refractivity contribution in [2.24, 2.45) is 0 Å². The first kappa shape index (κ1) is 13.3. The van der Waals surface area contributed by atoms with Gasteiger partial charge in [0.25, 0.3) is 0 Å². The van der Waals surface area contributed by atoms with Crippen molar-refractivity contribution in [2.45, 2.75) is 6.54 Å². The van der Waals surface area contributed by atoms with E-state index in [0.29, 0.717) is 5.75 Å². The molecule has 0 unspecified atom stereocenters. The third kappa shape index (κ3) is 2.99. The quantitative estimate of drug-likeness (QED) is 0.852. The van der Waals surface area contributed by atoms with Gasteiger partial charge in [-0.25, -0.2) is 13.2 Å². The Labute approximate surface area is 108 Å². The Morgan fingerprint density at radius 1 is 1.05 bits per heavy atom. The van der Waals surface area contributed by atoms with E-state index in [1.54, 1.807) is 25.3 Å². The zero-order chi connectivity index (χ0) is 13.8. The lowest BCUT2D eigenvalue weighted by Crippen LogP contribution is -2.04. The third-order valence-corrected chi connectivity index (χ3v) is 2.65. The van der Waals surface area contributed by atoms with Gasteiger partial charge in [0.15, 0.2) is 17.5 Å². The number of methoxy groups -OCH3 is 1. The molecule has 0 aromatic heterocycles. The first-order valence-corrected chi connectivity index (χ1v) is 5.62. The van der Waals surface area contributed by atoms with Gasteiger partial charge in [0.1, 0.15) is 5.75 Å². The molecule has 19 heavy (non-hydrogen) atoms. The van der Waals surface area contributed by atoms with E-state index in [1.165, 1.54) is 0 Å². The number of hydrogen-bond donors (Lipinski definition) is 1. The number of rotatable bonds is 4. The molecule has 0 atom stereocenters. The number of nitrogens with one attached hydrogen (secondary N) is 1. The number of ether oxygens (including phenoxy) is 1. The summed E-state index contributed by atoms with van der Waals surface area (Å²) in [6.07, 6.45) is 0. The second-order valence-electron chi connectivity index (χ2n) is 3.93. The maximum atomic E-state index is 13.4. The van der Waals surface area contributed by atoms with Gasteiger partial charge in [0.2, 0.25) is 0 Å². The minimum Gasteiger partial charge on any atom is -0.497 e. The molecule has 0 spiro atoms. The summed E-state index contributed by atoms with van der Waals surface area (Å²) in [7, 11) is 1.54. The van der Waals surface area contributed by atoms with Crippen LogP contribution in [0.4, 0.5) is 18.9 Å². The molecule has 0 radical (unpaired) electrons. The van der Waals surface area contributed by atoms with E-state index >= 15 is 0 Å². The second-order valence-corrected chi connectivity index (χ2v) is 3.93. The number of benzene rings is 2. The predicted octanol–water partition coefficient (Wildman–Crippen LogP) is 3.72. The van der Waals surface area contributed by atoms with Gasteiger partial charge in [-0.15, -0.1) is 0 Å². The average Bonchev–Trinajstić information content (AvgIpc) is 2.44. The highest BCUT2D eigenvalue weighted by Crippen LogP contribution is 2.21. The summed E-state index contributed by atoms with van der Waals surface area (Å²) in [4.78, 5) is 0. The Balaban J connectivity index is 2.12. The molecule has 0 aliphatic rings. The maximum Gasteiger partial charge on any atom is 0.196 e. The monoisotopic (exact) mass is 267 g/mol. The van der Waals surface area contributed by atoms with Crippen LogP contribution in [0.5, 0.6) is 5.75 Å². The van der Waals surface area contributed by atoms with Crippen molar-refractivity contribution in [1.29, 1.82) is 0 Å². The fourth-order valence-corrected chi connectivity index (χ4v) is 1.64. The lowest BCUT2D eigenvalue weighted by atomic mass is 10.2. The van der Waals surface area contributed by atoms with Crippen molar-refractivity contribution in [2.75, 3.05) is 12.4 Å². The maximum absolute atomic E-state index is 13.4. The molecule has 2 aromatic rings. The molecule has 0 bridgehead atoms. The predicted molar refractivity (Wildman–Crippen MR) is 66.6 cm³/mol. The molecule has 0 aliphatic heterocycles. The summed E-state index contributed by atoms with van der Waals surface area (Å²) in [5.41, 5.74) is 0.755. The lowest BCUT2D eigenvalue weighted by Gasteiger charge is -2.09. The molecular formula is C14H12F3NO. The van der Waals surface area contributed by atoms with E-state index in [0.717, 1.165) is 17.7 Å². The molecule has 0 heterocycles. The minimum absolute atomic E-state index is 0.0817. The SMILES string of the molecule is COc1cccc(CNc2ccc(F)c(F)c2F)c1. The molecular weight excluding hydrogens is 255 g/mol. The van der Waals surface area contributed by atoms with Crippen molar-refractivity contribution < 1.29 is 17.9 Å². The van der Waals surface area contributed by atoms with Crippen LogP contribution in [0.3, 0.4) is 0 Å². The van der Waals surface area contributed by atoms with Crippen LogP contribution in [-0.4, -0.2) is 7.11 Å². The third-order valence-electron chi connectivity index (χ3n) is 2.65. The highest BCUT2D eigenvalue weighted by molar-refractivity contribution is 5.46. The summed E-state index contributed by atoms with van der Waals surface area (Å²) < 4.78 is 44.3. The fraction of sp³-hybridized carbons (Fsp3) is 0.143. The van der Waals surface area contributed by atoms with Crippen LogP contribution in [0, 0.1) is 17.5 Å². The van der Waals surface area contributed by atoms with Crippen LogP contribution < -0.4 is 10.1 Å². The molecule has 0 saturated heterocycles. The van der Waals surface area contributed by atoms with Crippen LogP contribution >= 0.6 is 0 Å². The lowest BCUT2D eigenvalue weighted by molar-refractivity contribution is 0.414. The van der Waals surface area contributed by atoms with E-state index in [4.69, 9.17) is 4.74 Å².